The highest BCUT2D eigenvalue weighted by Gasteiger charge is 2.27. The fourth-order valence-electron chi connectivity index (χ4n) is 1.54. The Morgan fingerprint density at radius 2 is 1.90 bits per heavy atom. The van der Waals surface area contributed by atoms with E-state index >= 15 is 0 Å². The fraction of sp³-hybridized carbons (Fsp3) is 0.154. The summed E-state index contributed by atoms with van der Waals surface area (Å²) in [6.07, 6.45) is 0. The van der Waals surface area contributed by atoms with Crippen molar-refractivity contribution in [2.45, 2.75) is 0 Å². The summed E-state index contributed by atoms with van der Waals surface area (Å²) >= 11 is 9.17. The van der Waals surface area contributed by atoms with Gasteiger partial charge in [-0.25, -0.2) is 14.6 Å². The second-order valence-electron chi connectivity index (χ2n) is 3.81. The number of rotatable bonds is 3. The van der Waals surface area contributed by atoms with Crippen molar-refractivity contribution in [3.8, 4) is 11.5 Å². The topological polar surface area (TPSA) is 78.6 Å². The van der Waals surface area contributed by atoms with E-state index in [1.807, 2.05) is 0 Å². The van der Waals surface area contributed by atoms with E-state index in [0.717, 1.165) is 0 Å². The van der Waals surface area contributed by atoms with E-state index in [1.54, 1.807) is 18.2 Å². The summed E-state index contributed by atoms with van der Waals surface area (Å²) in [6.45, 7) is 0. The van der Waals surface area contributed by atoms with Gasteiger partial charge < -0.3 is 13.9 Å². The highest BCUT2D eigenvalue weighted by molar-refractivity contribution is 9.10. The number of esters is 2. The Balaban J connectivity index is 2.55. The molecule has 2 aromatic rings. The molecule has 0 unspecified atom stereocenters. The predicted molar refractivity (Wildman–Crippen MR) is 77.3 cm³/mol. The number of carbonyl (C=O) groups is 2. The van der Waals surface area contributed by atoms with Gasteiger partial charge in [-0.05, 0) is 34.1 Å². The third-order valence-electron chi connectivity index (χ3n) is 2.54. The highest BCUT2D eigenvalue weighted by Crippen LogP contribution is 2.29. The van der Waals surface area contributed by atoms with Crippen LogP contribution < -0.4 is 0 Å². The third kappa shape index (κ3) is 3.08. The maximum Gasteiger partial charge on any atom is 0.376 e. The van der Waals surface area contributed by atoms with Crippen molar-refractivity contribution in [1.82, 2.24) is 4.98 Å². The molecule has 8 heteroatoms. The highest BCUT2D eigenvalue weighted by atomic mass is 79.9. The van der Waals surface area contributed by atoms with E-state index in [9.17, 15) is 9.59 Å². The van der Waals surface area contributed by atoms with Crippen LogP contribution in [0.15, 0.2) is 27.1 Å². The molecule has 0 aliphatic rings. The maximum absolute atomic E-state index is 11.6. The van der Waals surface area contributed by atoms with Gasteiger partial charge in [-0.15, -0.1) is 0 Å². The lowest BCUT2D eigenvalue weighted by Gasteiger charge is -1.98. The SMILES string of the molecule is COC(=O)c1nc(-c2ccc(Cl)c(Br)c2)oc1C(=O)OC. The molecule has 0 amide bonds. The first-order valence-corrected chi connectivity index (χ1v) is 6.78. The number of hydrogen-bond donors (Lipinski definition) is 0. The van der Waals surface area contributed by atoms with Gasteiger partial charge in [-0.3, -0.25) is 0 Å². The average molecular weight is 375 g/mol. The number of hydrogen-bond acceptors (Lipinski definition) is 6. The average Bonchev–Trinajstić information content (AvgIpc) is 2.93. The molecule has 0 saturated carbocycles. The molecule has 0 aliphatic carbocycles. The number of oxazole rings is 1. The van der Waals surface area contributed by atoms with Crippen LogP contribution in [0.4, 0.5) is 0 Å². The monoisotopic (exact) mass is 373 g/mol. The Kier molecular flexibility index (Phi) is 4.64. The number of aromatic nitrogens is 1. The second kappa shape index (κ2) is 6.28. The molecule has 0 fully saturated rings. The summed E-state index contributed by atoms with van der Waals surface area (Å²) in [6, 6.07) is 4.91. The smallest absolute Gasteiger partial charge is 0.376 e. The molecule has 1 aromatic heterocycles. The Labute approximate surface area is 133 Å². The van der Waals surface area contributed by atoms with Crippen molar-refractivity contribution >= 4 is 39.5 Å². The Hall–Kier alpha value is -1.86. The molecule has 2 rings (SSSR count). The molecule has 0 aliphatic heterocycles. The van der Waals surface area contributed by atoms with E-state index < -0.39 is 11.9 Å². The minimum Gasteiger partial charge on any atom is -0.464 e. The van der Waals surface area contributed by atoms with Gasteiger partial charge in [0.25, 0.3) is 0 Å². The van der Waals surface area contributed by atoms with Gasteiger partial charge in [-0.2, -0.15) is 0 Å². The van der Waals surface area contributed by atoms with Gasteiger partial charge in [0.15, 0.2) is 0 Å². The largest absolute Gasteiger partial charge is 0.464 e. The van der Waals surface area contributed by atoms with Gasteiger partial charge in [-0.1, -0.05) is 11.6 Å². The zero-order chi connectivity index (χ0) is 15.6. The lowest BCUT2D eigenvalue weighted by molar-refractivity contribution is 0.0527. The molecule has 0 bridgehead atoms. The molecular formula is C13H9BrClNO5. The van der Waals surface area contributed by atoms with Crippen molar-refractivity contribution < 1.29 is 23.5 Å². The van der Waals surface area contributed by atoms with Gasteiger partial charge in [0, 0.05) is 10.0 Å². The zero-order valence-electron chi connectivity index (χ0n) is 11.0. The van der Waals surface area contributed by atoms with Crippen LogP contribution in [-0.2, 0) is 9.47 Å². The van der Waals surface area contributed by atoms with Crippen molar-refractivity contribution in [3.05, 3.63) is 39.1 Å². The molecule has 6 nitrogen and oxygen atoms in total. The molecule has 1 aromatic carbocycles. The molecule has 0 N–H and O–H groups in total. The number of carbonyl (C=O) groups excluding carboxylic acids is 2. The molecule has 110 valence electrons. The van der Waals surface area contributed by atoms with Crippen LogP contribution >= 0.6 is 27.5 Å². The zero-order valence-corrected chi connectivity index (χ0v) is 13.3. The predicted octanol–water partition coefficient (Wildman–Crippen LogP) is 3.33. The van der Waals surface area contributed by atoms with Crippen molar-refractivity contribution in [2.75, 3.05) is 14.2 Å². The van der Waals surface area contributed by atoms with Crippen LogP contribution in [0.25, 0.3) is 11.5 Å². The van der Waals surface area contributed by atoms with E-state index in [4.69, 9.17) is 16.0 Å². The van der Waals surface area contributed by atoms with E-state index in [-0.39, 0.29) is 17.3 Å². The molecule has 21 heavy (non-hydrogen) atoms. The standard InChI is InChI=1S/C13H9BrClNO5/c1-19-12(17)9-10(13(18)20-2)21-11(16-9)6-3-4-8(15)7(14)5-6/h3-5H,1-2H3. The van der Waals surface area contributed by atoms with Crippen LogP contribution in [0.3, 0.4) is 0 Å². The first-order valence-electron chi connectivity index (χ1n) is 5.60. The summed E-state index contributed by atoms with van der Waals surface area (Å²) in [7, 11) is 2.35. The molecular weight excluding hydrogens is 366 g/mol. The van der Waals surface area contributed by atoms with Crippen LogP contribution in [0, 0.1) is 0 Å². The number of methoxy groups -OCH3 is 2. The molecule has 1 heterocycles. The van der Waals surface area contributed by atoms with E-state index in [1.165, 1.54) is 14.2 Å². The Bertz CT molecular complexity index is 679. The van der Waals surface area contributed by atoms with Crippen molar-refractivity contribution in [2.24, 2.45) is 0 Å². The molecule has 0 saturated heterocycles. The minimum absolute atomic E-state index is 0.0770. The lowest BCUT2D eigenvalue weighted by Crippen LogP contribution is -2.10. The summed E-state index contributed by atoms with van der Waals surface area (Å²) in [5.41, 5.74) is 0.289. The van der Waals surface area contributed by atoms with E-state index in [0.29, 0.717) is 15.1 Å². The maximum atomic E-state index is 11.6. The summed E-state index contributed by atoms with van der Waals surface area (Å²) in [4.78, 5) is 27.2. The first kappa shape index (κ1) is 15.5. The van der Waals surface area contributed by atoms with Gasteiger partial charge >= 0.3 is 11.9 Å². The summed E-state index contributed by atoms with van der Waals surface area (Å²) in [5.74, 6) is -1.85. The summed E-state index contributed by atoms with van der Waals surface area (Å²) in [5, 5.41) is 0.506. The van der Waals surface area contributed by atoms with Crippen LogP contribution in [0.1, 0.15) is 21.0 Å². The van der Waals surface area contributed by atoms with Gasteiger partial charge in [0.1, 0.15) is 0 Å². The minimum atomic E-state index is -0.817. The van der Waals surface area contributed by atoms with Crippen molar-refractivity contribution in [3.63, 3.8) is 0 Å². The quantitative estimate of drug-likeness (QED) is 0.767. The van der Waals surface area contributed by atoms with E-state index in [2.05, 4.69) is 30.4 Å². The number of benzene rings is 1. The normalized spacial score (nSPS) is 10.3. The molecule has 0 atom stereocenters. The number of halogens is 2. The van der Waals surface area contributed by atoms with Crippen LogP contribution in [0.2, 0.25) is 5.02 Å². The van der Waals surface area contributed by atoms with Gasteiger partial charge in [0.05, 0.1) is 19.2 Å². The van der Waals surface area contributed by atoms with Gasteiger partial charge in [0.2, 0.25) is 17.3 Å². The third-order valence-corrected chi connectivity index (χ3v) is 3.76. The number of ether oxygens (including phenoxy) is 2. The van der Waals surface area contributed by atoms with Crippen LogP contribution in [0.5, 0.6) is 0 Å². The molecule has 0 spiro atoms. The van der Waals surface area contributed by atoms with Crippen LogP contribution in [-0.4, -0.2) is 31.1 Å². The lowest BCUT2D eigenvalue weighted by atomic mass is 10.2. The fourth-order valence-corrected chi connectivity index (χ4v) is 2.04. The molecule has 0 radical (unpaired) electrons. The second-order valence-corrected chi connectivity index (χ2v) is 5.07. The summed E-state index contributed by atoms with van der Waals surface area (Å²) < 4.78 is 15.1. The van der Waals surface area contributed by atoms with Crippen molar-refractivity contribution in [1.29, 1.82) is 0 Å². The Morgan fingerprint density at radius 3 is 2.48 bits per heavy atom. The first-order chi connectivity index (χ1) is 9.97. The number of nitrogens with zero attached hydrogens (tertiary/aromatic N) is 1. The Morgan fingerprint density at radius 1 is 1.24 bits per heavy atom.